The van der Waals surface area contributed by atoms with E-state index in [4.69, 9.17) is 16.3 Å². The van der Waals surface area contributed by atoms with Gasteiger partial charge in [0, 0.05) is 41.7 Å². The van der Waals surface area contributed by atoms with E-state index in [9.17, 15) is 4.79 Å². The summed E-state index contributed by atoms with van der Waals surface area (Å²) in [6, 6.07) is 14.8. The number of allylic oxidation sites excluding steroid dienone is 1. The molecule has 27 heavy (non-hydrogen) atoms. The van der Waals surface area contributed by atoms with Crippen LogP contribution in [0.25, 0.3) is 6.08 Å². The molecule has 0 radical (unpaired) electrons. The van der Waals surface area contributed by atoms with E-state index >= 15 is 0 Å². The van der Waals surface area contributed by atoms with E-state index in [0.717, 1.165) is 24.3 Å². The lowest BCUT2D eigenvalue weighted by atomic mass is 10.1. The van der Waals surface area contributed by atoms with E-state index in [1.165, 1.54) is 24.6 Å². The van der Waals surface area contributed by atoms with Crippen LogP contribution in [0.4, 0.5) is 0 Å². The summed E-state index contributed by atoms with van der Waals surface area (Å²) in [4.78, 5) is 14.8. The average molecular weight is 402 g/mol. The average Bonchev–Trinajstić information content (AvgIpc) is 2.72. The summed E-state index contributed by atoms with van der Waals surface area (Å²) in [5.41, 5.74) is 1.47. The number of carbonyl (C=O) groups is 1. The molecule has 0 aromatic heterocycles. The highest BCUT2D eigenvalue weighted by Crippen LogP contribution is 2.18. The van der Waals surface area contributed by atoms with Gasteiger partial charge in [-0.25, -0.2) is 0 Å². The molecule has 0 N–H and O–H groups in total. The van der Waals surface area contributed by atoms with Crippen molar-refractivity contribution in [3.63, 3.8) is 0 Å². The van der Waals surface area contributed by atoms with E-state index in [-0.39, 0.29) is 5.78 Å². The summed E-state index contributed by atoms with van der Waals surface area (Å²) in [7, 11) is 0. The second-order valence-electron chi connectivity index (χ2n) is 6.40. The lowest BCUT2D eigenvalue weighted by Gasteiger charge is -2.25. The Morgan fingerprint density at radius 1 is 1.11 bits per heavy atom. The van der Waals surface area contributed by atoms with Crippen molar-refractivity contribution in [2.45, 2.75) is 6.42 Å². The van der Waals surface area contributed by atoms with Crippen molar-refractivity contribution in [1.29, 1.82) is 0 Å². The number of benzene rings is 2. The molecule has 0 bridgehead atoms. The minimum absolute atomic E-state index is 0.0514. The van der Waals surface area contributed by atoms with E-state index in [0.29, 0.717) is 17.2 Å². The number of hydrogen-bond acceptors (Lipinski definition) is 4. The van der Waals surface area contributed by atoms with Gasteiger partial charge in [0.05, 0.1) is 6.61 Å². The predicted octanol–water partition coefficient (Wildman–Crippen LogP) is 5.05. The van der Waals surface area contributed by atoms with Gasteiger partial charge in [-0.2, -0.15) is 11.8 Å². The van der Waals surface area contributed by atoms with Crippen LogP contribution in [0, 0.1) is 0 Å². The maximum atomic E-state index is 12.3. The summed E-state index contributed by atoms with van der Waals surface area (Å²) in [5, 5.41) is 0.633. The Bertz CT molecular complexity index is 770. The van der Waals surface area contributed by atoms with Crippen molar-refractivity contribution in [1.82, 2.24) is 4.90 Å². The molecule has 2 aromatic rings. The van der Waals surface area contributed by atoms with Crippen LogP contribution >= 0.6 is 23.4 Å². The Labute approximate surface area is 170 Å². The van der Waals surface area contributed by atoms with Gasteiger partial charge in [0.2, 0.25) is 0 Å². The highest BCUT2D eigenvalue weighted by atomic mass is 35.5. The molecule has 142 valence electrons. The van der Waals surface area contributed by atoms with Gasteiger partial charge in [0.15, 0.2) is 5.78 Å². The van der Waals surface area contributed by atoms with E-state index in [1.807, 2.05) is 48.2 Å². The second-order valence-corrected chi connectivity index (χ2v) is 8.03. The highest BCUT2D eigenvalue weighted by Gasteiger charge is 2.09. The van der Waals surface area contributed by atoms with Gasteiger partial charge in [0.1, 0.15) is 5.75 Å². The predicted molar refractivity (Wildman–Crippen MR) is 115 cm³/mol. The van der Waals surface area contributed by atoms with Crippen LogP contribution in [-0.2, 0) is 0 Å². The molecule has 0 amide bonds. The minimum Gasteiger partial charge on any atom is -0.494 e. The van der Waals surface area contributed by atoms with Gasteiger partial charge < -0.3 is 9.64 Å². The highest BCUT2D eigenvalue weighted by molar-refractivity contribution is 7.99. The number of halogens is 1. The SMILES string of the molecule is O=C(/C=C/c1ccccc1Cl)c1ccc(OCCCN2CCSCC2)cc1. The molecule has 3 rings (SSSR count). The molecule has 0 spiro atoms. The molecule has 1 fully saturated rings. The number of hydrogen-bond donors (Lipinski definition) is 0. The van der Waals surface area contributed by atoms with Crippen LogP contribution in [0.5, 0.6) is 5.75 Å². The lowest BCUT2D eigenvalue weighted by molar-refractivity contribution is 0.104. The van der Waals surface area contributed by atoms with E-state index in [2.05, 4.69) is 4.90 Å². The molecular weight excluding hydrogens is 378 g/mol. The van der Waals surface area contributed by atoms with Gasteiger partial charge in [-0.15, -0.1) is 0 Å². The zero-order valence-corrected chi connectivity index (χ0v) is 16.8. The third-order valence-electron chi connectivity index (χ3n) is 4.45. The Hall–Kier alpha value is -1.75. The molecule has 0 atom stereocenters. The monoisotopic (exact) mass is 401 g/mol. The second kappa shape index (κ2) is 10.5. The van der Waals surface area contributed by atoms with Gasteiger partial charge in [0.25, 0.3) is 0 Å². The molecular formula is C22H24ClNO2S. The van der Waals surface area contributed by atoms with Crippen LogP contribution in [0.2, 0.25) is 5.02 Å². The van der Waals surface area contributed by atoms with Crippen molar-refractivity contribution in [2.75, 3.05) is 37.7 Å². The molecule has 0 saturated carbocycles. The first kappa shape index (κ1) is 20.0. The fourth-order valence-electron chi connectivity index (χ4n) is 2.89. The van der Waals surface area contributed by atoms with Crippen LogP contribution in [0.1, 0.15) is 22.3 Å². The maximum Gasteiger partial charge on any atom is 0.185 e. The quantitative estimate of drug-likeness (QED) is 0.351. The van der Waals surface area contributed by atoms with Gasteiger partial charge in [-0.1, -0.05) is 29.8 Å². The molecule has 1 saturated heterocycles. The zero-order chi connectivity index (χ0) is 18.9. The summed E-state index contributed by atoms with van der Waals surface area (Å²) < 4.78 is 5.80. The fourth-order valence-corrected chi connectivity index (χ4v) is 4.07. The molecule has 0 aliphatic carbocycles. The molecule has 1 aliphatic rings. The molecule has 0 unspecified atom stereocenters. The van der Waals surface area contributed by atoms with Crippen molar-refractivity contribution in [2.24, 2.45) is 0 Å². The van der Waals surface area contributed by atoms with Crippen LogP contribution < -0.4 is 4.74 Å². The van der Waals surface area contributed by atoms with E-state index < -0.39 is 0 Å². The van der Waals surface area contributed by atoms with E-state index in [1.54, 1.807) is 24.3 Å². The standard InChI is InChI=1S/C22H24ClNO2S/c23-21-5-2-1-4-18(21)8-11-22(25)19-6-9-20(10-7-19)26-15-3-12-24-13-16-27-17-14-24/h1-2,4-11H,3,12-17H2/b11-8+. The topological polar surface area (TPSA) is 29.5 Å². The molecule has 1 heterocycles. The smallest absolute Gasteiger partial charge is 0.185 e. The number of thioether (sulfide) groups is 1. The van der Waals surface area contributed by atoms with Crippen molar-refractivity contribution >= 4 is 35.2 Å². The molecule has 3 nitrogen and oxygen atoms in total. The molecule has 2 aromatic carbocycles. The Morgan fingerprint density at radius 3 is 2.59 bits per heavy atom. The Balaban J connectivity index is 1.45. The zero-order valence-electron chi connectivity index (χ0n) is 15.3. The maximum absolute atomic E-state index is 12.3. The van der Waals surface area contributed by atoms with Crippen LogP contribution in [-0.4, -0.2) is 48.4 Å². The summed E-state index contributed by atoms with van der Waals surface area (Å²) in [6.07, 6.45) is 4.31. The molecule has 5 heteroatoms. The van der Waals surface area contributed by atoms with Crippen molar-refractivity contribution in [3.8, 4) is 5.75 Å². The first-order valence-corrected chi connectivity index (χ1v) is 10.8. The molecule has 1 aliphatic heterocycles. The number of ketones is 1. The number of carbonyl (C=O) groups excluding carboxylic acids is 1. The first-order valence-electron chi connectivity index (χ1n) is 9.22. The summed E-state index contributed by atoms with van der Waals surface area (Å²) in [5.74, 6) is 3.22. The first-order chi connectivity index (χ1) is 13.2. The third kappa shape index (κ3) is 6.42. The third-order valence-corrected chi connectivity index (χ3v) is 5.74. The Morgan fingerprint density at radius 2 is 1.85 bits per heavy atom. The van der Waals surface area contributed by atoms with Crippen LogP contribution in [0.3, 0.4) is 0 Å². The number of ether oxygens (including phenoxy) is 1. The number of rotatable bonds is 8. The normalized spacial score (nSPS) is 15.1. The van der Waals surface area contributed by atoms with Crippen LogP contribution in [0.15, 0.2) is 54.6 Å². The number of nitrogens with zero attached hydrogens (tertiary/aromatic N) is 1. The van der Waals surface area contributed by atoms with Crippen molar-refractivity contribution in [3.05, 3.63) is 70.8 Å². The summed E-state index contributed by atoms with van der Waals surface area (Å²) >= 11 is 8.13. The fraction of sp³-hybridized carbons (Fsp3) is 0.318. The lowest BCUT2D eigenvalue weighted by Crippen LogP contribution is -2.33. The minimum atomic E-state index is -0.0514. The van der Waals surface area contributed by atoms with Gasteiger partial charge in [-0.3, -0.25) is 4.79 Å². The van der Waals surface area contributed by atoms with Gasteiger partial charge in [-0.05, 0) is 54.5 Å². The largest absolute Gasteiger partial charge is 0.494 e. The summed E-state index contributed by atoms with van der Waals surface area (Å²) in [6.45, 7) is 4.15. The van der Waals surface area contributed by atoms with Crippen molar-refractivity contribution < 1.29 is 9.53 Å². The van der Waals surface area contributed by atoms with Gasteiger partial charge >= 0.3 is 0 Å². The Kier molecular flexibility index (Phi) is 7.81.